The Hall–Kier alpha value is -2.66. The smallest absolute Gasteiger partial charge is 0.126 e. The fraction of sp³-hybridized carbons (Fsp3) is 0.100. The molecular formula is C20H17BrN4. The second-order valence-electron chi connectivity index (χ2n) is 5.93. The van der Waals surface area contributed by atoms with Crippen LogP contribution in [0.4, 0.5) is 5.82 Å². The lowest BCUT2D eigenvalue weighted by Crippen LogP contribution is -2.13. The molecule has 0 aliphatic heterocycles. The molecule has 0 aliphatic rings. The fourth-order valence-corrected chi connectivity index (χ4v) is 3.48. The number of aromatic nitrogens is 3. The highest BCUT2D eigenvalue weighted by Crippen LogP contribution is 2.33. The molecule has 0 spiro atoms. The lowest BCUT2D eigenvalue weighted by Gasteiger charge is -2.19. The summed E-state index contributed by atoms with van der Waals surface area (Å²) in [6, 6.07) is 16.3. The Bertz CT molecular complexity index is 996. The molecule has 3 heterocycles. The highest BCUT2D eigenvalue weighted by atomic mass is 79.9. The van der Waals surface area contributed by atoms with E-state index < -0.39 is 0 Å². The molecule has 0 radical (unpaired) electrons. The van der Waals surface area contributed by atoms with Crippen LogP contribution in [0.3, 0.4) is 0 Å². The first-order valence-electron chi connectivity index (χ1n) is 8.04. The van der Waals surface area contributed by atoms with Crippen molar-refractivity contribution >= 4 is 32.7 Å². The molecule has 4 rings (SSSR count). The topological polar surface area (TPSA) is 42.7 Å². The van der Waals surface area contributed by atoms with E-state index in [4.69, 9.17) is 0 Å². The van der Waals surface area contributed by atoms with Gasteiger partial charge in [-0.3, -0.25) is 4.98 Å². The number of hydrogen-bond acceptors (Lipinski definition) is 3. The van der Waals surface area contributed by atoms with Gasteiger partial charge in [0.05, 0.1) is 6.04 Å². The minimum Gasteiger partial charge on any atom is -0.359 e. The zero-order chi connectivity index (χ0) is 17.2. The van der Waals surface area contributed by atoms with Gasteiger partial charge in [-0.25, -0.2) is 4.98 Å². The number of hydrogen-bond donors (Lipinski definition) is 1. The fourth-order valence-electron chi connectivity index (χ4n) is 3.12. The lowest BCUT2D eigenvalue weighted by atomic mass is 9.99. The van der Waals surface area contributed by atoms with Crippen LogP contribution in [0, 0.1) is 0 Å². The molecule has 0 amide bonds. The molecule has 0 bridgehead atoms. The van der Waals surface area contributed by atoms with Crippen LogP contribution in [0.15, 0.2) is 77.8 Å². The number of halogens is 1. The third kappa shape index (κ3) is 3.15. The molecule has 4 aromatic rings. The van der Waals surface area contributed by atoms with E-state index in [1.165, 1.54) is 16.5 Å². The zero-order valence-corrected chi connectivity index (χ0v) is 15.3. The molecule has 1 aromatic carbocycles. The molecule has 0 saturated carbocycles. The maximum atomic E-state index is 4.43. The molecule has 1 unspecified atom stereocenters. The first-order valence-corrected chi connectivity index (χ1v) is 8.83. The summed E-state index contributed by atoms with van der Waals surface area (Å²) >= 11 is 3.60. The normalized spacial score (nSPS) is 12.2. The number of fused-ring (bicyclic) bond motifs is 1. The SMILES string of the molecule is Cn1cc(C(Nc2ccccn2)c2ccncc2)c2cc(Br)ccc21. The van der Waals surface area contributed by atoms with Gasteiger partial charge in [-0.1, -0.05) is 22.0 Å². The zero-order valence-electron chi connectivity index (χ0n) is 13.7. The van der Waals surface area contributed by atoms with Gasteiger partial charge in [0.2, 0.25) is 0 Å². The van der Waals surface area contributed by atoms with Crippen molar-refractivity contribution in [1.29, 1.82) is 0 Å². The number of benzene rings is 1. The van der Waals surface area contributed by atoms with Gasteiger partial charge >= 0.3 is 0 Å². The molecule has 4 nitrogen and oxygen atoms in total. The summed E-state index contributed by atoms with van der Waals surface area (Å²) in [4.78, 5) is 8.59. The van der Waals surface area contributed by atoms with Crippen molar-refractivity contribution in [2.45, 2.75) is 6.04 Å². The maximum absolute atomic E-state index is 4.43. The van der Waals surface area contributed by atoms with E-state index in [0.717, 1.165) is 15.9 Å². The van der Waals surface area contributed by atoms with Crippen molar-refractivity contribution in [3.8, 4) is 0 Å². The lowest BCUT2D eigenvalue weighted by molar-refractivity contribution is 0.900. The first kappa shape index (κ1) is 15.8. The Morgan fingerprint density at radius 2 is 1.88 bits per heavy atom. The van der Waals surface area contributed by atoms with Crippen LogP contribution in [0.1, 0.15) is 17.2 Å². The van der Waals surface area contributed by atoms with Crippen LogP contribution in [-0.4, -0.2) is 14.5 Å². The van der Waals surface area contributed by atoms with Crippen molar-refractivity contribution in [2.75, 3.05) is 5.32 Å². The Morgan fingerprint density at radius 1 is 1.04 bits per heavy atom. The monoisotopic (exact) mass is 392 g/mol. The minimum absolute atomic E-state index is 0.0177. The highest BCUT2D eigenvalue weighted by Gasteiger charge is 2.19. The third-order valence-electron chi connectivity index (χ3n) is 4.29. The summed E-state index contributed by atoms with van der Waals surface area (Å²) in [6.07, 6.45) is 7.62. The predicted molar refractivity (Wildman–Crippen MR) is 105 cm³/mol. The van der Waals surface area contributed by atoms with Crippen molar-refractivity contribution in [3.05, 3.63) is 88.9 Å². The van der Waals surface area contributed by atoms with Crippen LogP contribution >= 0.6 is 15.9 Å². The molecular weight excluding hydrogens is 376 g/mol. The molecule has 5 heteroatoms. The van der Waals surface area contributed by atoms with Crippen LogP contribution < -0.4 is 5.32 Å². The highest BCUT2D eigenvalue weighted by molar-refractivity contribution is 9.10. The summed E-state index contributed by atoms with van der Waals surface area (Å²) in [5.41, 5.74) is 3.55. The maximum Gasteiger partial charge on any atom is 0.126 e. The number of rotatable bonds is 4. The van der Waals surface area contributed by atoms with E-state index >= 15 is 0 Å². The predicted octanol–water partition coefficient (Wildman–Crippen LogP) is 4.93. The largest absolute Gasteiger partial charge is 0.359 e. The van der Waals surface area contributed by atoms with Gasteiger partial charge in [0, 0.05) is 52.8 Å². The van der Waals surface area contributed by atoms with Gasteiger partial charge in [-0.05, 0) is 48.0 Å². The van der Waals surface area contributed by atoms with Crippen LogP contribution in [-0.2, 0) is 7.05 Å². The average molecular weight is 393 g/mol. The van der Waals surface area contributed by atoms with Gasteiger partial charge in [0.1, 0.15) is 5.82 Å². The van der Waals surface area contributed by atoms with E-state index in [1.54, 1.807) is 6.20 Å². The van der Waals surface area contributed by atoms with Gasteiger partial charge in [0.25, 0.3) is 0 Å². The van der Waals surface area contributed by atoms with Gasteiger partial charge < -0.3 is 9.88 Å². The molecule has 25 heavy (non-hydrogen) atoms. The first-order chi connectivity index (χ1) is 12.2. The number of nitrogens with one attached hydrogen (secondary N) is 1. The minimum atomic E-state index is -0.0177. The quantitative estimate of drug-likeness (QED) is 0.535. The molecule has 0 fully saturated rings. The summed E-state index contributed by atoms with van der Waals surface area (Å²) in [7, 11) is 2.07. The summed E-state index contributed by atoms with van der Waals surface area (Å²) in [5, 5.41) is 4.78. The third-order valence-corrected chi connectivity index (χ3v) is 4.78. The number of anilines is 1. The molecule has 0 aliphatic carbocycles. The molecule has 124 valence electrons. The number of pyridine rings is 2. The second kappa shape index (κ2) is 6.69. The molecule has 3 aromatic heterocycles. The average Bonchev–Trinajstić information content (AvgIpc) is 2.97. The summed E-state index contributed by atoms with van der Waals surface area (Å²) in [6.45, 7) is 0. The number of nitrogens with zero attached hydrogens (tertiary/aromatic N) is 3. The second-order valence-corrected chi connectivity index (χ2v) is 6.85. The van der Waals surface area contributed by atoms with E-state index in [0.29, 0.717) is 0 Å². The van der Waals surface area contributed by atoms with Crippen LogP contribution in [0.5, 0.6) is 0 Å². The van der Waals surface area contributed by atoms with Gasteiger partial charge in [-0.2, -0.15) is 0 Å². The standard InChI is InChI=1S/C20H17BrN4/c1-25-13-17(16-12-15(21)5-6-18(16)25)20(14-7-10-22-11-8-14)24-19-4-2-3-9-23-19/h2-13,20H,1H3,(H,23,24). The van der Waals surface area contributed by atoms with Crippen molar-refractivity contribution in [2.24, 2.45) is 7.05 Å². The van der Waals surface area contributed by atoms with Gasteiger partial charge in [0.15, 0.2) is 0 Å². The number of aryl methyl sites for hydroxylation is 1. The Kier molecular flexibility index (Phi) is 4.24. The van der Waals surface area contributed by atoms with Crippen LogP contribution in [0.25, 0.3) is 10.9 Å². The Balaban J connectivity index is 1.88. The van der Waals surface area contributed by atoms with Crippen molar-refractivity contribution < 1.29 is 0 Å². The Morgan fingerprint density at radius 3 is 2.64 bits per heavy atom. The molecule has 1 atom stereocenters. The summed E-state index contributed by atoms with van der Waals surface area (Å²) in [5.74, 6) is 0.844. The van der Waals surface area contributed by atoms with Crippen LogP contribution in [0.2, 0.25) is 0 Å². The molecule has 1 N–H and O–H groups in total. The van der Waals surface area contributed by atoms with E-state index in [1.807, 2.05) is 42.7 Å². The van der Waals surface area contributed by atoms with Crippen molar-refractivity contribution in [3.63, 3.8) is 0 Å². The van der Waals surface area contributed by atoms with E-state index in [2.05, 4.69) is 67.2 Å². The van der Waals surface area contributed by atoms with Crippen molar-refractivity contribution in [1.82, 2.24) is 14.5 Å². The van der Waals surface area contributed by atoms with E-state index in [9.17, 15) is 0 Å². The molecule has 0 saturated heterocycles. The van der Waals surface area contributed by atoms with Gasteiger partial charge in [-0.15, -0.1) is 0 Å². The van der Waals surface area contributed by atoms with E-state index in [-0.39, 0.29) is 6.04 Å². The summed E-state index contributed by atoms with van der Waals surface area (Å²) < 4.78 is 3.23. The Labute approximate surface area is 154 Å².